The molecule has 0 saturated carbocycles. The molecule has 0 amide bonds. The third-order valence-corrected chi connectivity index (χ3v) is 6.15. The first-order chi connectivity index (χ1) is 18.6. The van der Waals surface area contributed by atoms with Crippen LogP contribution >= 0.6 is 0 Å². The fourth-order valence-electron chi connectivity index (χ4n) is 4.02. The summed E-state index contributed by atoms with van der Waals surface area (Å²) in [6.45, 7) is 6.66. The van der Waals surface area contributed by atoms with Gasteiger partial charge in [-0.25, -0.2) is 9.59 Å². The number of piperidine rings is 1. The largest absolute Gasteiger partial charge is 0.490 e. The molecule has 2 aromatic rings. The zero-order valence-corrected chi connectivity index (χ0v) is 21.5. The quantitative estimate of drug-likeness (QED) is 0.476. The van der Waals surface area contributed by atoms with Gasteiger partial charge >= 0.3 is 24.3 Å². The van der Waals surface area contributed by atoms with Crippen molar-refractivity contribution in [3.05, 3.63) is 65.5 Å². The molecular weight excluding hydrogens is 550 g/mol. The van der Waals surface area contributed by atoms with E-state index in [0.717, 1.165) is 44.6 Å². The Morgan fingerprint density at radius 1 is 1.00 bits per heavy atom. The molecule has 0 radical (unpaired) electrons. The third-order valence-electron chi connectivity index (χ3n) is 6.15. The van der Waals surface area contributed by atoms with E-state index in [2.05, 4.69) is 41.1 Å². The molecule has 1 unspecified atom stereocenters. The highest BCUT2D eigenvalue weighted by Crippen LogP contribution is 2.37. The molecule has 4 rings (SSSR count). The number of rotatable bonds is 5. The standard InChI is InChI=1S/C22H28N2O2.2C2HF3O2/c1-18-5-7-19(8-6-18)15-24-12-9-22(10-13-24)14-21(17-26-22)25-16-20-4-2-3-11-23-20;2*3-2(4,5)1(6)7/h2-8,11,21H,9-10,12-17H2,1H3;2*(H,6,7). The number of pyridine rings is 1. The summed E-state index contributed by atoms with van der Waals surface area (Å²) in [5, 5.41) is 14.2. The Morgan fingerprint density at radius 2 is 1.55 bits per heavy atom. The number of aromatic nitrogens is 1. The molecule has 222 valence electrons. The number of ether oxygens (including phenoxy) is 2. The number of carboxylic acids is 2. The zero-order chi connectivity index (χ0) is 30.0. The number of aryl methyl sites for hydroxylation is 1. The van der Waals surface area contributed by atoms with E-state index in [9.17, 15) is 26.3 Å². The van der Waals surface area contributed by atoms with E-state index in [1.165, 1.54) is 11.1 Å². The van der Waals surface area contributed by atoms with Crippen LogP contribution in [0.15, 0.2) is 48.7 Å². The lowest BCUT2D eigenvalue weighted by atomic mass is 9.88. The minimum atomic E-state index is -5.08. The van der Waals surface area contributed by atoms with Crippen LogP contribution in [0.3, 0.4) is 0 Å². The lowest BCUT2D eigenvalue weighted by Gasteiger charge is -2.38. The molecule has 0 bridgehead atoms. The van der Waals surface area contributed by atoms with Crippen LogP contribution in [0.1, 0.15) is 36.1 Å². The van der Waals surface area contributed by atoms with Gasteiger partial charge in [-0.1, -0.05) is 35.9 Å². The van der Waals surface area contributed by atoms with Gasteiger partial charge in [-0.3, -0.25) is 9.88 Å². The van der Waals surface area contributed by atoms with Gasteiger partial charge in [0.1, 0.15) is 0 Å². The van der Waals surface area contributed by atoms with Gasteiger partial charge in [0.15, 0.2) is 0 Å². The summed E-state index contributed by atoms with van der Waals surface area (Å²) < 4.78 is 75.7. The van der Waals surface area contributed by atoms with Crippen molar-refractivity contribution in [2.75, 3.05) is 19.7 Å². The lowest BCUT2D eigenvalue weighted by molar-refractivity contribution is -0.193. The zero-order valence-electron chi connectivity index (χ0n) is 21.5. The number of aliphatic carboxylic acids is 2. The number of alkyl halides is 6. The minimum Gasteiger partial charge on any atom is -0.475 e. The first kappa shape index (κ1) is 33.0. The second kappa shape index (κ2) is 14.4. The fourth-order valence-corrected chi connectivity index (χ4v) is 4.02. The average Bonchev–Trinajstić information content (AvgIpc) is 3.28. The molecule has 1 aromatic heterocycles. The van der Waals surface area contributed by atoms with Gasteiger partial charge in [0, 0.05) is 32.3 Å². The van der Waals surface area contributed by atoms with Crippen molar-refractivity contribution in [2.24, 2.45) is 0 Å². The molecular formula is C26H30F6N2O6. The van der Waals surface area contributed by atoms with Gasteiger partial charge < -0.3 is 19.7 Å². The molecule has 1 aromatic carbocycles. The summed E-state index contributed by atoms with van der Waals surface area (Å²) in [5.41, 5.74) is 3.73. The van der Waals surface area contributed by atoms with E-state index >= 15 is 0 Å². The van der Waals surface area contributed by atoms with Gasteiger partial charge in [-0.2, -0.15) is 26.3 Å². The van der Waals surface area contributed by atoms with E-state index in [1.54, 1.807) is 0 Å². The molecule has 1 atom stereocenters. The lowest BCUT2D eigenvalue weighted by Crippen LogP contribution is -2.43. The summed E-state index contributed by atoms with van der Waals surface area (Å²) in [4.78, 5) is 24.7. The topological polar surface area (TPSA) is 109 Å². The first-order valence-corrected chi connectivity index (χ1v) is 12.1. The molecule has 0 aliphatic carbocycles. The second-order valence-electron chi connectivity index (χ2n) is 9.32. The molecule has 2 saturated heterocycles. The third kappa shape index (κ3) is 11.5. The van der Waals surface area contributed by atoms with Crippen LogP contribution in [0.25, 0.3) is 0 Å². The Labute approximate surface area is 226 Å². The molecule has 2 N–H and O–H groups in total. The van der Waals surface area contributed by atoms with E-state index < -0.39 is 24.3 Å². The Bertz CT molecular complexity index is 1050. The number of carbonyl (C=O) groups is 2. The predicted molar refractivity (Wildman–Crippen MR) is 129 cm³/mol. The number of hydrogen-bond acceptors (Lipinski definition) is 6. The number of halogens is 6. The van der Waals surface area contributed by atoms with Crippen molar-refractivity contribution >= 4 is 11.9 Å². The van der Waals surface area contributed by atoms with Crippen LogP contribution in [-0.2, 0) is 32.2 Å². The molecule has 8 nitrogen and oxygen atoms in total. The molecule has 2 aliphatic rings. The van der Waals surface area contributed by atoms with E-state index in [0.29, 0.717) is 13.2 Å². The van der Waals surface area contributed by atoms with Crippen molar-refractivity contribution in [2.45, 2.75) is 63.4 Å². The molecule has 3 heterocycles. The summed E-state index contributed by atoms with van der Waals surface area (Å²) >= 11 is 0. The molecule has 14 heteroatoms. The molecule has 40 heavy (non-hydrogen) atoms. The van der Waals surface area contributed by atoms with Crippen molar-refractivity contribution in [3.63, 3.8) is 0 Å². The van der Waals surface area contributed by atoms with Crippen LogP contribution in [0.5, 0.6) is 0 Å². The maximum absolute atomic E-state index is 10.6. The van der Waals surface area contributed by atoms with Gasteiger partial charge in [0.2, 0.25) is 0 Å². The molecule has 2 aliphatic heterocycles. The van der Waals surface area contributed by atoms with E-state index in [-0.39, 0.29) is 11.7 Å². The Morgan fingerprint density at radius 3 is 2.02 bits per heavy atom. The van der Waals surface area contributed by atoms with Crippen molar-refractivity contribution in [1.29, 1.82) is 0 Å². The van der Waals surface area contributed by atoms with Crippen LogP contribution in [-0.4, -0.2) is 75.8 Å². The van der Waals surface area contributed by atoms with Gasteiger partial charge in [0.05, 0.1) is 30.6 Å². The summed E-state index contributed by atoms with van der Waals surface area (Å²) in [6.07, 6.45) is -4.95. The van der Waals surface area contributed by atoms with Gasteiger partial charge in [-0.15, -0.1) is 0 Å². The number of hydrogen-bond donors (Lipinski definition) is 2. The maximum atomic E-state index is 10.6. The minimum absolute atomic E-state index is 0.0263. The number of likely N-dealkylation sites (tertiary alicyclic amines) is 1. The first-order valence-electron chi connectivity index (χ1n) is 12.1. The van der Waals surface area contributed by atoms with Gasteiger partial charge in [-0.05, 0) is 37.5 Å². The average molecular weight is 581 g/mol. The number of carboxylic acid groups (broad SMARTS) is 2. The predicted octanol–water partition coefficient (Wildman–Crippen LogP) is 5.00. The van der Waals surface area contributed by atoms with Crippen LogP contribution in [0, 0.1) is 6.92 Å². The SMILES string of the molecule is Cc1ccc(CN2CCC3(CC2)CC(OCc2ccccn2)CO3)cc1.O=C(O)C(F)(F)F.O=C(O)C(F)(F)F. The Balaban J connectivity index is 0.000000333. The second-order valence-corrected chi connectivity index (χ2v) is 9.32. The molecule has 1 spiro atoms. The highest BCUT2D eigenvalue weighted by molar-refractivity contribution is 5.73. The van der Waals surface area contributed by atoms with E-state index in [1.807, 2.05) is 24.4 Å². The van der Waals surface area contributed by atoms with Crippen molar-refractivity contribution in [1.82, 2.24) is 9.88 Å². The van der Waals surface area contributed by atoms with Crippen LogP contribution in [0.4, 0.5) is 26.3 Å². The summed E-state index contributed by atoms with van der Waals surface area (Å²) in [5.74, 6) is -5.51. The Kier molecular flexibility index (Phi) is 11.9. The summed E-state index contributed by atoms with van der Waals surface area (Å²) in [6, 6.07) is 14.8. The smallest absolute Gasteiger partial charge is 0.475 e. The van der Waals surface area contributed by atoms with Gasteiger partial charge in [0.25, 0.3) is 0 Å². The van der Waals surface area contributed by atoms with Crippen molar-refractivity contribution in [3.8, 4) is 0 Å². The maximum Gasteiger partial charge on any atom is 0.490 e. The van der Waals surface area contributed by atoms with Crippen LogP contribution in [0.2, 0.25) is 0 Å². The highest BCUT2D eigenvalue weighted by atomic mass is 19.4. The van der Waals surface area contributed by atoms with E-state index in [4.69, 9.17) is 29.3 Å². The monoisotopic (exact) mass is 580 g/mol. The number of benzene rings is 1. The van der Waals surface area contributed by atoms with Crippen molar-refractivity contribution < 1.29 is 55.6 Å². The highest BCUT2D eigenvalue weighted by Gasteiger charge is 2.43. The fraction of sp³-hybridized carbons (Fsp3) is 0.500. The van der Waals surface area contributed by atoms with Crippen LogP contribution < -0.4 is 0 Å². The summed E-state index contributed by atoms with van der Waals surface area (Å²) in [7, 11) is 0. The Hall–Kier alpha value is -3.23. The molecule has 2 fully saturated rings. The number of nitrogens with zero attached hydrogens (tertiary/aromatic N) is 2. The normalized spacial score (nSPS) is 18.7.